The van der Waals surface area contributed by atoms with Crippen molar-refractivity contribution in [1.82, 2.24) is 4.90 Å². The number of hydrogen-bond donors (Lipinski definition) is 1. The molecule has 1 amide bonds. The van der Waals surface area contributed by atoms with Gasteiger partial charge in [0.15, 0.2) is 0 Å². The molecular weight excluding hydrogens is 180 g/mol. The Balaban J connectivity index is 4.00. The van der Waals surface area contributed by atoms with Gasteiger partial charge in [-0.3, -0.25) is 0 Å². The third kappa shape index (κ3) is 5.80. The smallest absolute Gasteiger partial charge is 0.410 e. The van der Waals surface area contributed by atoms with Crippen LogP contribution in [0.4, 0.5) is 4.79 Å². The number of amides is 1. The van der Waals surface area contributed by atoms with Gasteiger partial charge in [0, 0.05) is 19.6 Å². The van der Waals surface area contributed by atoms with E-state index in [1.165, 1.54) is 4.90 Å². The van der Waals surface area contributed by atoms with Crippen molar-refractivity contribution in [2.24, 2.45) is 5.73 Å². The van der Waals surface area contributed by atoms with Crippen LogP contribution >= 0.6 is 0 Å². The largest absolute Gasteiger partial charge is 0.444 e. The summed E-state index contributed by atoms with van der Waals surface area (Å²) in [7, 11) is 1.70. The molecule has 0 saturated heterocycles. The van der Waals surface area contributed by atoms with Crippen molar-refractivity contribution in [3.63, 3.8) is 0 Å². The number of nitrogens with two attached hydrogens (primary N) is 1. The average molecular weight is 202 g/mol. The zero-order chi connectivity index (χ0) is 11.4. The number of carbonyl (C=O) groups is 1. The summed E-state index contributed by atoms with van der Waals surface area (Å²) in [4.78, 5) is 13.0. The van der Waals surface area contributed by atoms with Crippen LogP contribution in [0.5, 0.6) is 0 Å². The van der Waals surface area contributed by atoms with Crippen LogP contribution in [0.3, 0.4) is 0 Å². The highest BCUT2D eigenvalue weighted by Gasteiger charge is 2.20. The fourth-order valence-corrected chi connectivity index (χ4v) is 0.895. The number of rotatable bonds is 3. The molecule has 0 aromatic rings. The molecule has 0 heterocycles. The van der Waals surface area contributed by atoms with Crippen LogP contribution in [0.2, 0.25) is 0 Å². The van der Waals surface area contributed by atoms with Crippen LogP contribution in [0, 0.1) is 0 Å². The molecule has 0 aromatic carbocycles. The minimum atomic E-state index is -0.443. The lowest BCUT2D eigenvalue weighted by atomic mass is 10.2. The first kappa shape index (κ1) is 13.2. The molecule has 0 unspecified atom stereocenters. The zero-order valence-electron chi connectivity index (χ0n) is 9.83. The van der Waals surface area contributed by atoms with Gasteiger partial charge in [0.25, 0.3) is 0 Å². The van der Waals surface area contributed by atoms with Gasteiger partial charge in [-0.05, 0) is 27.2 Å². The summed E-state index contributed by atoms with van der Waals surface area (Å²) in [5.74, 6) is 0. The number of hydrogen-bond acceptors (Lipinski definition) is 3. The number of nitrogens with zero attached hydrogens (tertiary/aromatic N) is 1. The van der Waals surface area contributed by atoms with Crippen molar-refractivity contribution in [2.45, 2.75) is 45.8 Å². The highest BCUT2D eigenvalue weighted by atomic mass is 16.6. The van der Waals surface area contributed by atoms with Crippen molar-refractivity contribution < 1.29 is 9.53 Å². The van der Waals surface area contributed by atoms with E-state index in [0.717, 1.165) is 6.42 Å². The Bertz CT molecular complexity index is 187. The Morgan fingerprint density at radius 1 is 1.50 bits per heavy atom. The third-order valence-electron chi connectivity index (χ3n) is 1.74. The first-order chi connectivity index (χ1) is 6.26. The summed E-state index contributed by atoms with van der Waals surface area (Å²) in [6.07, 6.45) is 0.536. The fourth-order valence-electron chi connectivity index (χ4n) is 0.895. The molecule has 1 atom stereocenters. The monoisotopic (exact) mass is 202 g/mol. The fraction of sp³-hybridized carbons (Fsp3) is 0.900. The second-order valence-corrected chi connectivity index (χ2v) is 4.53. The van der Waals surface area contributed by atoms with Crippen LogP contribution in [-0.4, -0.2) is 36.2 Å². The van der Waals surface area contributed by atoms with Gasteiger partial charge in [-0.2, -0.15) is 0 Å². The number of carbonyl (C=O) groups excluding carboxylic acids is 1. The lowest BCUT2D eigenvalue weighted by Crippen LogP contribution is -2.41. The van der Waals surface area contributed by atoms with E-state index in [4.69, 9.17) is 10.5 Å². The first-order valence-electron chi connectivity index (χ1n) is 4.96. The van der Waals surface area contributed by atoms with E-state index in [0.29, 0.717) is 6.54 Å². The summed E-state index contributed by atoms with van der Waals surface area (Å²) < 4.78 is 5.18. The van der Waals surface area contributed by atoms with Gasteiger partial charge in [-0.15, -0.1) is 0 Å². The molecule has 14 heavy (non-hydrogen) atoms. The molecule has 0 fully saturated rings. The lowest BCUT2D eigenvalue weighted by molar-refractivity contribution is 0.0289. The van der Waals surface area contributed by atoms with E-state index in [2.05, 4.69) is 0 Å². The predicted octanol–water partition coefficient (Wildman–Crippen LogP) is 1.59. The Kier molecular flexibility index (Phi) is 4.91. The van der Waals surface area contributed by atoms with Crippen molar-refractivity contribution in [3.05, 3.63) is 0 Å². The summed E-state index contributed by atoms with van der Waals surface area (Å²) in [5, 5.41) is 0. The van der Waals surface area contributed by atoms with Crippen molar-refractivity contribution in [2.75, 3.05) is 13.6 Å². The second-order valence-electron chi connectivity index (χ2n) is 4.53. The quantitative estimate of drug-likeness (QED) is 0.756. The van der Waals surface area contributed by atoms with E-state index in [-0.39, 0.29) is 12.1 Å². The second kappa shape index (κ2) is 5.20. The zero-order valence-corrected chi connectivity index (χ0v) is 9.83. The minimum absolute atomic E-state index is 0.0209. The molecule has 0 spiro atoms. The van der Waals surface area contributed by atoms with Crippen molar-refractivity contribution >= 4 is 6.09 Å². The molecule has 0 aliphatic carbocycles. The van der Waals surface area contributed by atoms with E-state index < -0.39 is 5.60 Å². The molecule has 0 saturated carbocycles. The standard InChI is InChI=1S/C10H22N2O2/c1-6-8(11)7-12(5)9(13)14-10(2,3)4/h8H,6-7,11H2,1-5H3/t8-/m1/s1. The molecular formula is C10H22N2O2. The third-order valence-corrected chi connectivity index (χ3v) is 1.74. The van der Waals surface area contributed by atoms with Gasteiger partial charge in [0.2, 0.25) is 0 Å². The minimum Gasteiger partial charge on any atom is -0.444 e. The summed E-state index contributed by atoms with van der Waals surface area (Å²) in [6, 6.07) is 0.0209. The molecule has 0 bridgehead atoms. The summed E-state index contributed by atoms with van der Waals surface area (Å²) in [5.41, 5.74) is 5.28. The Morgan fingerprint density at radius 2 is 2.00 bits per heavy atom. The normalized spacial score (nSPS) is 13.6. The molecule has 4 heteroatoms. The average Bonchev–Trinajstić information content (AvgIpc) is 2.00. The molecule has 4 nitrogen and oxygen atoms in total. The summed E-state index contributed by atoms with van der Waals surface area (Å²) >= 11 is 0. The first-order valence-corrected chi connectivity index (χ1v) is 4.96. The van der Waals surface area contributed by atoms with Crippen molar-refractivity contribution in [3.8, 4) is 0 Å². The molecule has 2 N–H and O–H groups in total. The lowest BCUT2D eigenvalue weighted by Gasteiger charge is -2.26. The van der Waals surface area contributed by atoms with Crippen LogP contribution in [0.1, 0.15) is 34.1 Å². The molecule has 0 rings (SSSR count). The molecule has 0 aliphatic heterocycles. The van der Waals surface area contributed by atoms with E-state index >= 15 is 0 Å². The van der Waals surface area contributed by atoms with Crippen molar-refractivity contribution in [1.29, 1.82) is 0 Å². The van der Waals surface area contributed by atoms with Gasteiger partial charge in [-0.25, -0.2) is 4.79 Å². The molecule has 0 aliphatic rings. The predicted molar refractivity (Wildman–Crippen MR) is 57.1 cm³/mol. The van der Waals surface area contributed by atoms with Gasteiger partial charge >= 0.3 is 6.09 Å². The van der Waals surface area contributed by atoms with E-state index in [1.807, 2.05) is 27.7 Å². The maximum atomic E-state index is 11.5. The number of likely N-dealkylation sites (N-methyl/N-ethyl adjacent to an activating group) is 1. The summed E-state index contributed by atoms with van der Waals surface area (Å²) in [6.45, 7) is 8.06. The van der Waals surface area contributed by atoms with E-state index in [1.54, 1.807) is 7.05 Å². The van der Waals surface area contributed by atoms with Gasteiger partial charge < -0.3 is 15.4 Å². The SMILES string of the molecule is CC[C@@H](N)CN(C)C(=O)OC(C)(C)C. The van der Waals surface area contributed by atoms with Crippen LogP contribution in [0.15, 0.2) is 0 Å². The Hall–Kier alpha value is -0.770. The van der Waals surface area contributed by atoms with Crippen LogP contribution in [-0.2, 0) is 4.74 Å². The highest BCUT2D eigenvalue weighted by Crippen LogP contribution is 2.09. The topological polar surface area (TPSA) is 55.6 Å². The molecule has 0 radical (unpaired) electrons. The highest BCUT2D eigenvalue weighted by molar-refractivity contribution is 5.67. The van der Waals surface area contributed by atoms with Crippen LogP contribution in [0.25, 0.3) is 0 Å². The van der Waals surface area contributed by atoms with Gasteiger partial charge in [0.1, 0.15) is 5.60 Å². The molecule has 0 aromatic heterocycles. The molecule has 84 valence electrons. The maximum Gasteiger partial charge on any atom is 0.410 e. The Labute approximate surface area is 86.4 Å². The van der Waals surface area contributed by atoms with Crippen LogP contribution < -0.4 is 5.73 Å². The van der Waals surface area contributed by atoms with E-state index in [9.17, 15) is 4.79 Å². The number of ether oxygens (including phenoxy) is 1. The Morgan fingerprint density at radius 3 is 2.36 bits per heavy atom. The van der Waals surface area contributed by atoms with Gasteiger partial charge in [-0.1, -0.05) is 6.92 Å². The maximum absolute atomic E-state index is 11.5. The van der Waals surface area contributed by atoms with Gasteiger partial charge in [0.05, 0.1) is 0 Å².